The molecule has 17 heteroatoms. The molecular weight excluding hydrogens is 680 g/mol. The van der Waals surface area contributed by atoms with Crippen molar-refractivity contribution in [1.82, 2.24) is 14.7 Å². The average molecular weight is 720 g/mol. The van der Waals surface area contributed by atoms with E-state index in [0.29, 0.717) is 17.8 Å². The Balaban J connectivity index is 0.000000698. The second-order valence-electron chi connectivity index (χ2n) is 12.2. The van der Waals surface area contributed by atoms with Gasteiger partial charge in [-0.25, -0.2) is 22.9 Å². The van der Waals surface area contributed by atoms with Crippen molar-refractivity contribution in [3.8, 4) is 5.75 Å². The number of carboxylic acids is 1. The Morgan fingerprint density at radius 3 is 1.92 bits per heavy atom. The van der Waals surface area contributed by atoms with E-state index >= 15 is 0 Å². The highest BCUT2D eigenvalue weighted by atomic mass is 32.2. The topological polar surface area (TPSA) is 143 Å². The highest BCUT2D eigenvalue weighted by Crippen LogP contribution is 2.30. The fraction of sp³-hybridized carbons (Fsp3) is 0.531. The third kappa shape index (κ3) is 12.2. The predicted octanol–water partition coefficient (Wildman–Crippen LogP) is 7.35. The number of anilines is 2. The zero-order valence-corrected chi connectivity index (χ0v) is 27.3. The van der Waals surface area contributed by atoms with Gasteiger partial charge >= 0.3 is 18.5 Å². The number of alkyl halides is 6. The van der Waals surface area contributed by atoms with Crippen molar-refractivity contribution in [2.45, 2.75) is 75.2 Å². The first-order chi connectivity index (χ1) is 23.1. The Bertz CT molecular complexity index is 1630. The number of rotatable bonds is 11. The van der Waals surface area contributed by atoms with Crippen molar-refractivity contribution >= 4 is 38.7 Å². The highest BCUT2D eigenvalue weighted by Gasteiger charge is 2.38. The van der Waals surface area contributed by atoms with Crippen LogP contribution in [0, 0.1) is 17.8 Å². The molecule has 1 heterocycles. The van der Waals surface area contributed by atoms with Crippen molar-refractivity contribution in [2.75, 3.05) is 30.3 Å². The van der Waals surface area contributed by atoms with Crippen LogP contribution in [0.3, 0.4) is 0 Å². The number of hydrogen-bond donors (Lipinski definition) is 4. The molecule has 2 fully saturated rings. The molecule has 49 heavy (non-hydrogen) atoms. The van der Waals surface area contributed by atoms with Gasteiger partial charge in [0.2, 0.25) is 16.0 Å². The second-order valence-corrected chi connectivity index (χ2v) is 14.0. The summed E-state index contributed by atoms with van der Waals surface area (Å²) in [6.07, 6.45) is 0.195. The van der Waals surface area contributed by atoms with Crippen LogP contribution >= 0.6 is 0 Å². The van der Waals surface area contributed by atoms with Gasteiger partial charge in [0.15, 0.2) is 0 Å². The first-order valence-corrected chi connectivity index (χ1v) is 17.5. The smallest absolute Gasteiger partial charge is 0.475 e. The van der Waals surface area contributed by atoms with E-state index in [4.69, 9.17) is 19.9 Å². The quantitative estimate of drug-likeness (QED) is 0.150. The maximum absolute atomic E-state index is 12.6. The molecule has 0 atom stereocenters. The number of halogens is 6. The number of ether oxygens (including phenoxy) is 1. The summed E-state index contributed by atoms with van der Waals surface area (Å²) in [6.45, 7) is 1.95. The van der Waals surface area contributed by atoms with Crippen LogP contribution in [-0.2, 0) is 14.8 Å². The lowest BCUT2D eigenvalue weighted by Gasteiger charge is -2.28. The van der Waals surface area contributed by atoms with E-state index in [2.05, 4.69) is 26.2 Å². The molecule has 2 aliphatic carbocycles. The molecule has 0 radical (unpaired) electrons. The average Bonchev–Trinajstić information content (AvgIpc) is 3.05. The molecule has 0 amide bonds. The van der Waals surface area contributed by atoms with E-state index in [1.165, 1.54) is 32.1 Å². The number of benzene rings is 2. The molecule has 270 valence electrons. The molecular formula is C32H39F6N5O5S. The van der Waals surface area contributed by atoms with Crippen molar-refractivity contribution in [3.63, 3.8) is 0 Å². The van der Waals surface area contributed by atoms with E-state index in [1.54, 1.807) is 0 Å². The van der Waals surface area contributed by atoms with Crippen LogP contribution in [0.25, 0.3) is 10.9 Å². The van der Waals surface area contributed by atoms with Crippen LogP contribution in [0.2, 0.25) is 0 Å². The van der Waals surface area contributed by atoms with Crippen LogP contribution in [0.5, 0.6) is 5.75 Å². The van der Waals surface area contributed by atoms with Crippen molar-refractivity contribution < 1.29 is 49.4 Å². The minimum absolute atomic E-state index is 0.0992. The summed E-state index contributed by atoms with van der Waals surface area (Å²) < 4.78 is 101. The lowest BCUT2D eigenvalue weighted by Crippen LogP contribution is -2.32. The minimum Gasteiger partial charge on any atom is -0.475 e. The molecule has 0 unspecified atom stereocenters. The van der Waals surface area contributed by atoms with Crippen LogP contribution in [0.15, 0.2) is 53.4 Å². The third-order valence-corrected chi connectivity index (χ3v) is 10.0. The molecule has 3 aromatic rings. The van der Waals surface area contributed by atoms with Crippen LogP contribution in [0.1, 0.15) is 57.8 Å². The van der Waals surface area contributed by atoms with E-state index in [0.717, 1.165) is 79.8 Å². The number of aromatic nitrogens is 2. The van der Waals surface area contributed by atoms with Gasteiger partial charge in [0.25, 0.3) is 0 Å². The Morgan fingerprint density at radius 2 is 1.33 bits per heavy atom. The molecule has 2 aromatic carbocycles. The minimum atomic E-state index is -5.08. The Kier molecular flexibility index (Phi) is 12.9. The number of carbonyl (C=O) groups is 1. The molecule has 5 rings (SSSR count). The number of sulfonamides is 1. The van der Waals surface area contributed by atoms with Gasteiger partial charge in [0, 0.05) is 25.0 Å². The lowest BCUT2D eigenvalue weighted by atomic mass is 9.82. The normalized spacial score (nSPS) is 19.1. The zero-order chi connectivity index (χ0) is 35.7. The monoisotopic (exact) mass is 719 g/mol. The van der Waals surface area contributed by atoms with Crippen molar-refractivity contribution in [2.24, 2.45) is 17.8 Å². The van der Waals surface area contributed by atoms with Gasteiger partial charge < -0.3 is 20.5 Å². The van der Waals surface area contributed by atoms with Gasteiger partial charge in [-0.15, -0.1) is 13.2 Å². The van der Waals surface area contributed by atoms with Gasteiger partial charge in [-0.1, -0.05) is 31.4 Å². The van der Waals surface area contributed by atoms with Gasteiger partial charge in [0.1, 0.15) is 11.6 Å². The number of nitrogens with zero attached hydrogens (tertiary/aromatic N) is 2. The molecule has 0 spiro atoms. The standard InChI is InChI=1S/C30H38F3N5O3S.C2HF3O2/c31-30(32,33)41-24-14-16-25(17-15-24)42(39,40)36-20-23-12-10-22(11-13-23)19-35-29-37-27-9-5-4-8-26(27)28(38-29)34-18-21-6-2-1-3-7-21;3-2(4,5)1(6)7/h4-5,8-9,14-17,21-23,36H,1-3,6-7,10-13,18-20H2,(H2,34,35,37,38);(H,6,7). The summed E-state index contributed by atoms with van der Waals surface area (Å²) in [7, 11) is -3.84. The van der Waals surface area contributed by atoms with E-state index < -0.39 is 34.3 Å². The fourth-order valence-electron chi connectivity index (χ4n) is 5.93. The molecule has 10 nitrogen and oxygen atoms in total. The molecule has 0 saturated heterocycles. The predicted molar refractivity (Wildman–Crippen MR) is 171 cm³/mol. The van der Waals surface area contributed by atoms with Crippen LogP contribution in [-0.4, -0.2) is 61.6 Å². The van der Waals surface area contributed by atoms with Crippen molar-refractivity contribution in [1.29, 1.82) is 0 Å². The van der Waals surface area contributed by atoms with Crippen LogP contribution in [0.4, 0.5) is 38.1 Å². The molecule has 0 aliphatic heterocycles. The Labute approximate surface area is 280 Å². The summed E-state index contributed by atoms with van der Waals surface area (Å²) in [6, 6.07) is 12.3. The largest absolute Gasteiger partial charge is 0.573 e. The number of carboxylic acid groups (broad SMARTS) is 1. The number of aliphatic carboxylic acids is 1. The summed E-state index contributed by atoms with van der Waals surface area (Å²) >= 11 is 0. The third-order valence-electron chi connectivity index (χ3n) is 8.57. The number of para-hydroxylation sites is 1. The van der Waals surface area contributed by atoms with E-state index in [9.17, 15) is 34.8 Å². The molecule has 2 aliphatic rings. The molecule has 0 bridgehead atoms. The van der Waals surface area contributed by atoms with Gasteiger partial charge in [-0.05, 0) is 92.7 Å². The van der Waals surface area contributed by atoms with Crippen LogP contribution < -0.4 is 20.1 Å². The number of fused-ring (bicyclic) bond motifs is 1. The van der Waals surface area contributed by atoms with Gasteiger partial charge in [0.05, 0.1) is 10.4 Å². The van der Waals surface area contributed by atoms with E-state index in [-0.39, 0.29) is 17.4 Å². The second kappa shape index (κ2) is 16.7. The SMILES string of the molecule is O=C(O)C(F)(F)F.O=S(=O)(NCC1CCC(CNc2nc(NCC3CCCCC3)c3ccccc3n2)CC1)c1ccc(OC(F)(F)F)cc1. The van der Waals surface area contributed by atoms with Gasteiger partial charge in [-0.2, -0.15) is 18.2 Å². The van der Waals surface area contributed by atoms with Crippen molar-refractivity contribution in [3.05, 3.63) is 48.5 Å². The maximum Gasteiger partial charge on any atom is 0.573 e. The maximum atomic E-state index is 12.6. The highest BCUT2D eigenvalue weighted by molar-refractivity contribution is 7.89. The first-order valence-electron chi connectivity index (χ1n) is 16.0. The summed E-state index contributed by atoms with van der Waals surface area (Å²) in [5.41, 5.74) is 0.902. The zero-order valence-electron chi connectivity index (χ0n) is 26.5. The lowest BCUT2D eigenvalue weighted by molar-refractivity contribution is -0.274. The number of nitrogens with one attached hydrogen (secondary N) is 3. The first kappa shape index (κ1) is 38.0. The summed E-state index contributed by atoms with van der Waals surface area (Å²) in [5.74, 6) is -0.443. The summed E-state index contributed by atoms with van der Waals surface area (Å²) in [4.78, 5) is 18.4. The van der Waals surface area contributed by atoms with E-state index in [1.807, 2.05) is 18.2 Å². The fourth-order valence-corrected chi connectivity index (χ4v) is 7.05. The Hall–Kier alpha value is -3.86. The Morgan fingerprint density at radius 1 is 0.776 bits per heavy atom. The summed E-state index contributed by atoms with van der Waals surface area (Å²) in [5, 5.41) is 15.2. The number of hydrogen-bond acceptors (Lipinski definition) is 8. The molecule has 1 aromatic heterocycles. The molecule has 2 saturated carbocycles. The molecule has 4 N–H and O–H groups in total. The van der Waals surface area contributed by atoms with Gasteiger partial charge in [-0.3, -0.25) is 0 Å².